The van der Waals surface area contributed by atoms with E-state index in [0.29, 0.717) is 18.9 Å². The van der Waals surface area contributed by atoms with Crippen LogP contribution in [0.1, 0.15) is 71.2 Å². The zero-order valence-corrected chi connectivity index (χ0v) is 18.8. The Morgan fingerprint density at radius 3 is 2.43 bits per heavy atom. The van der Waals surface area contributed by atoms with Gasteiger partial charge in [-0.25, -0.2) is 0 Å². The predicted molar refractivity (Wildman–Crippen MR) is 118 cm³/mol. The molecule has 0 spiro atoms. The highest BCUT2D eigenvalue weighted by Gasteiger charge is 2.23. The van der Waals surface area contributed by atoms with Gasteiger partial charge in [0.05, 0.1) is 6.54 Å². The summed E-state index contributed by atoms with van der Waals surface area (Å²) in [6.07, 6.45) is 3.80. The first-order chi connectivity index (χ1) is 13.0. The van der Waals surface area contributed by atoms with E-state index in [4.69, 9.17) is 0 Å². The molecule has 0 fully saturated rings. The maximum Gasteiger partial charge on any atom is 0.223 e. The van der Waals surface area contributed by atoms with Gasteiger partial charge in [-0.2, -0.15) is 0 Å². The minimum absolute atomic E-state index is 0.191. The molecule has 0 saturated carbocycles. The topological polar surface area (TPSA) is 25.2 Å². The first-order valence-electron chi connectivity index (χ1n) is 10.5. The van der Waals surface area contributed by atoms with Crippen LogP contribution in [-0.4, -0.2) is 21.4 Å². The van der Waals surface area contributed by atoms with E-state index >= 15 is 0 Å². The summed E-state index contributed by atoms with van der Waals surface area (Å²) in [7, 11) is 0. The molecule has 0 saturated heterocycles. The molecule has 28 heavy (non-hydrogen) atoms. The van der Waals surface area contributed by atoms with E-state index < -0.39 is 0 Å². The molecule has 1 aromatic carbocycles. The van der Waals surface area contributed by atoms with Crippen LogP contribution in [0.5, 0.6) is 0 Å². The molecule has 0 radical (unpaired) electrons. The summed E-state index contributed by atoms with van der Waals surface area (Å²) in [5.41, 5.74) is 4.01. The van der Waals surface area contributed by atoms with Gasteiger partial charge in [0.15, 0.2) is 0 Å². The van der Waals surface area contributed by atoms with Crippen molar-refractivity contribution in [3.63, 3.8) is 0 Å². The summed E-state index contributed by atoms with van der Waals surface area (Å²) in [6, 6.07) is 13.0. The summed E-state index contributed by atoms with van der Waals surface area (Å²) in [5, 5.41) is 0. The summed E-state index contributed by atoms with van der Waals surface area (Å²) in [6.45, 7) is 16.8. The first-order valence-corrected chi connectivity index (χ1v) is 10.5. The third-order valence-electron chi connectivity index (χ3n) is 5.12. The quantitative estimate of drug-likeness (QED) is 0.546. The number of carbonyl (C=O) groups excluding carboxylic acids is 1. The van der Waals surface area contributed by atoms with Crippen molar-refractivity contribution in [2.24, 2.45) is 11.3 Å². The normalized spacial score (nSPS) is 13.0. The second-order valence-electron chi connectivity index (χ2n) is 9.81. The minimum Gasteiger partial charge on any atom is -0.345 e. The molecule has 1 amide bonds. The summed E-state index contributed by atoms with van der Waals surface area (Å²) >= 11 is 0. The fourth-order valence-corrected chi connectivity index (χ4v) is 4.02. The third kappa shape index (κ3) is 6.85. The van der Waals surface area contributed by atoms with Gasteiger partial charge < -0.3 is 9.47 Å². The highest BCUT2D eigenvalue weighted by atomic mass is 16.2. The Bertz CT molecular complexity index is 767. The SMILES string of the molecule is Cc1cccc(Cn2cccc2CN(C(=O)C[C@@H](C)CC(C)(C)C)C(C)C)c1. The van der Waals surface area contributed by atoms with Gasteiger partial charge in [0.2, 0.25) is 5.91 Å². The largest absolute Gasteiger partial charge is 0.345 e. The second-order valence-corrected chi connectivity index (χ2v) is 9.81. The van der Waals surface area contributed by atoms with Gasteiger partial charge >= 0.3 is 0 Å². The molecule has 2 aromatic rings. The van der Waals surface area contributed by atoms with Gasteiger partial charge in [-0.3, -0.25) is 4.79 Å². The lowest BCUT2D eigenvalue weighted by Gasteiger charge is -2.30. The summed E-state index contributed by atoms with van der Waals surface area (Å²) < 4.78 is 2.26. The molecule has 0 aliphatic carbocycles. The van der Waals surface area contributed by atoms with Crippen LogP contribution in [0, 0.1) is 18.3 Å². The minimum atomic E-state index is 0.191. The van der Waals surface area contributed by atoms with Gasteiger partial charge in [-0.15, -0.1) is 0 Å². The zero-order chi connectivity index (χ0) is 20.9. The van der Waals surface area contributed by atoms with E-state index in [9.17, 15) is 4.79 Å². The average Bonchev–Trinajstić information content (AvgIpc) is 2.97. The summed E-state index contributed by atoms with van der Waals surface area (Å²) in [4.78, 5) is 15.1. The Balaban J connectivity index is 2.08. The smallest absolute Gasteiger partial charge is 0.223 e. The predicted octanol–water partition coefficient (Wildman–Crippen LogP) is 6.04. The maximum atomic E-state index is 13.0. The van der Waals surface area contributed by atoms with E-state index in [2.05, 4.69) is 95.6 Å². The van der Waals surface area contributed by atoms with Crippen LogP contribution in [-0.2, 0) is 17.9 Å². The van der Waals surface area contributed by atoms with Crippen LogP contribution in [0.4, 0.5) is 0 Å². The number of rotatable bonds is 8. The summed E-state index contributed by atoms with van der Waals surface area (Å²) in [5.74, 6) is 0.655. The van der Waals surface area contributed by atoms with Gasteiger partial charge in [0, 0.05) is 30.9 Å². The van der Waals surface area contributed by atoms with E-state index in [1.165, 1.54) is 16.8 Å². The molecule has 1 aromatic heterocycles. The molecule has 154 valence electrons. The fourth-order valence-electron chi connectivity index (χ4n) is 4.02. The number of hydrogen-bond acceptors (Lipinski definition) is 1. The number of amides is 1. The molecular formula is C25H38N2O. The van der Waals surface area contributed by atoms with Crippen molar-refractivity contribution in [3.8, 4) is 0 Å². The Kier molecular flexibility index (Phi) is 7.51. The molecule has 0 aliphatic rings. The lowest BCUT2D eigenvalue weighted by atomic mass is 9.84. The van der Waals surface area contributed by atoms with Crippen molar-refractivity contribution >= 4 is 5.91 Å². The van der Waals surface area contributed by atoms with Crippen molar-refractivity contribution in [3.05, 3.63) is 59.4 Å². The molecule has 0 N–H and O–H groups in total. The Morgan fingerprint density at radius 2 is 1.82 bits per heavy atom. The van der Waals surface area contributed by atoms with Crippen molar-refractivity contribution in [1.82, 2.24) is 9.47 Å². The maximum absolute atomic E-state index is 13.0. The standard InChI is InChI=1S/C25H38N2O/c1-19(2)27(24(28)15-21(4)16-25(5,6)7)18-23-12-9-13-26(23)17-22-11-8-10-20(3)14-22/h8-14,19,21H,15-18H2,1-7H3/t21-/m1/s1. The van der Waals surface area contributed by atoms with E-state index in [0.717, 1.165) is 13.0 Å². The number of aromatic nitrogens is 1. The fraction of sp³-hybridized carbons (Fsp3) is 0.560. The molecule has 0 bridgehead atoms. The molecular weight excluding hydrogens is 344 g/mol. The number of carbonyl (C=O) groups is 1. The number of nitrogens with zero attached hydrogens (tertiary/aromatic N) is 2. The first kappa shape index (κ1) is 22.3. The third-order valence-corrected chi connectivity index (χ3v) is 5.12. The Hall–Kier alpha value is -2.03. The Labute approximate surface area is 171 Å². The number of benzene rings is 1. The monoisotopic (exact) mass is 382 g/mol. The molecule has 3 heteroatoms. The molecule has 0 aliphatic heterocycles. The highest BCUT2D eigenvalue weighted by Crippen LogP contribution is 2.27. The zero-order valence-electron chi connectivity index (χ0n) is 18.8. The van der Waals surface area contributed by atoms with Crippen molar-refractivity contribution in [2.45, 2.75) is 80.4 Å². The van der Waals surface area contributed by atoms with Gasteiger partial charge in [0.1, 0.15) is 0 Å². The molecule has 1 atom stereocenters. The van der Waals surface area contributed by atoms with Crippen LogP contribution in [0.2, 0.25) is 0 Å². The van der Waals surface area contributed by atoms with Gasteiger partial charge in [-0.1, -0.05) is 57.5 Å². The van der Waals surface area contributed by atoms with Crippen LogP contribution >= 0.6 is 0 Å². The molecule has 0 unspecified atom stereocenters. The second kappa shape index (κ2) is 9.45. The number of hydrogen-bond donors (Lipinski definition) is 0. The van der Waals surface area contributed by atoms with Gasteiger partial charge in [0.25, 0.3) is 0 Å². The molecule has 2 rings (SSSR count). The lowest BCUT2D eigenvalue weighted by Crippen LogP contribution is -2.38. The average molecular weight is 383 g/mol. The molecule has 3 nitrogen and oxygen atoms in total. The van der Waals surface area contributed by atoms with Crippen molar-refractivity contribution in [1.29, 1.82) is 0 Å². The van der Waals surface area contributed by atoms with Crippen LogP contribution < -0.4 is 0 Å². The number of aryl methyl sites for hydroxylation is 1. The van der Waals surface area contributed by atoms with Crippen LogP contribution in [0.15, 0.2) is 42.6 Å². The van der Waals surface area contributed by atoms with E-state index in [-0.39, 0.29) is 17.4 Å². The van der Waals surface area contributed by atoms with E-state index in [1.807, 2.05) is 4.90 Å². The van der Waals surface area contributed by atoms with Crippen molar-refractivity contribution in [2.75, 3.05) is 0 Å². The van der Waals surface area contributed by atoms with Crippen LogP contribution in [0.25, 0.3) is 0 Å². The van der Waals surface area contributed by atoms with Crippen molar-refractivity contribution < 1.29 is 4.79 Å². The molecule has 1 heterocycles. The van der Waals surface area contributed by atoms with Gasteiger partial charge in [-0.05, 0) is 56.2 Å². The van der Waals surface area contributed by atoms with E-state index in [1.54, 1.807) is 0 Å². The Morgan fingerprint density at radius 1 is 1.11 bits per heavy atom. The highest BCUT2D eigenvalue weighted by molar-refractivity contribution is 5.76. The van der Waals surface area contributed by atoms with Crippen LogP contribution in [0.3, 0.4) is 0 Å². The lowest BCUT2D eigenvalue weighted by molar-refractivity contribution is -0.134.